The van der Waals surface area contributed by atoms with Crippen LogP contribution in [-0.4, -0.2) is 29.9 Å². The molecule has 0 saturated carbocycles. The molecule has 0 aliphatic carbocycles. The van der Waals surface area contributed by atoms with Crippen LogP contribution in [0.25, 0.3) is 6.08 Å². The van der Waals surface area contributed by atoms with E-state index in [4.69, 9.17) is 10.00 Å². The van der Waals surface area contributed by atoms with E-state index in [-0.39, 0.29) is 5.91 Å². The normalized spacial score (nSPS) is 14.7. The number of nitrogens with zero attached hydrogens (tertiary/aromatic N) is 2. The Kier molecular flexibility index (Phi) is 6.01. The highest BCUT2D eigenvalue weighted by atomic mass is 16.5. The van der Waals surface area contributed by atoms with Crippen molar-refractivity contribution in [2.24, 2.45) is 0 Å². The topological polar surface area (TPSA) is 70.4 Å². The molecule has 0 radical (unpaired) electrons. The summed E-state index contributed by atoms with van der Waals surface area (Å²) < 4.78 is 5.51. The summed E-state index contributed by atoms with van der Waals surface area (Å²) in [7, 11) is 0. The third-order valence-corrected chi connectivity index (χ3v) is 4.43. The molecular formula is C22H20N2O3. The highest BCUT2D eigenvalue weighted by molar-refractivity contribution is 5.91. The van der Waals surface area contributed by atoms with Gasteiger partial charge in [0.15, 0.2) is 0 Å². The first-order valence-corrected chi connectivity index (χ1v) is 8.90. The Hall–Kier alpha value is -3.39. The Morgan fingerprint density at radius 3 is 2.33 bits per heavy atom. The number of nitriles is 1. The standard InChI is InChI=1S/C22H20N2O3/c23-16-18-10-8-17(9-11-18)12-13-20(25)27-21(19-6-2-1-3-7-19)22(26)24-14-4-5-15-24/h1-3,6-13,21H,4-5,14-15H2/b13-12+/t21-/m1/s1. The number of hydrogen-bond donors (Lipinski definition) is 0. The zero-order valence-corrected chi connectivity index (χ0v) is 14.9. The molecule has 5 nitrogen and oxygen atoms in total. The van der Waals surface area contributed by atoms with Crippen molar-refractivity contribution in [3.8, 4) is 6.07 Å². The maximum atomic E-state index is 12.8. The minimum absolute atomic E-state index is 0.182. The minimum Gasteiger partial charge on any atom is -0.444 e. The Morgan fingerprint density at radius 2 is 1.70 bits per heavy atom. The predicted octanol–water partition coefficient (Wildman–Crippen LogP) is 3.48. The van der Waals surface area contributed by atoms with Crippen LogP contribution >= 0.6 is 0 Å². The molecule has 0 bridgehead atoms. The maximum Gasteiger partial charge on any atom is 0.331 e. The summed E-state index contributed by atoms with van der Waals surface area (Å²) in [4.78, 5) is 26.9. The maximum absolute atomic E-state index is 12.8. The Balaban J connectivity index is 1.72. The quantitative estimate of drug-likeness (QED) is 0.605. The third kappa shape index (κ3) is 4.83. The number of carbonyl (C=O) groups is 2. The molecule has 1 heterocycles. The number of carbonyl (C=O) groups excluding carboxylic acids is 2. The van der Waals surface area contributed by atoms with Crippen molar-refractivity contribution in [3.63, 3.8) is 0 Å². The molecule has 2 aromatic rings. The summed E-state index contributed by atoms with van der Waals surface area (Å²) in [6, 6.07) is 17.9. The Morgan fingerprint density at radius 1 is 1.04 bits per heavy atom. The largest absolute Gasteiger partial charge is 0.444 e. The van der Waals surface area contributed by atoms with Crippen LogP contribution in [0.3, 0.4) is 0 Å². The van der Waals surface area contributed by atoms with Gasteiger partial charge in [0.05, 0.1) is 11.6 Å². The van der Waals surface area contributed by atoms with E-state index < -0.39 is 12.1 Å². The molecule has 3 rings (SSSR count). The Labute approximate surface area is 158 Å². The first-order valence-electron chi connectivity index (χ1n) is 8.90. The zero-order chi connectivity index (χ0) is 19.1. The summed E-state index contributed by atoms with van der Waals surface area (Å²) in [6.07, 6.45) is 3.91. The monoisotopic (exact) mass is 360 g/mol. The van der Waals surface area contributed by atoms with Crippen LogP contribution in [0.2, 0.25) is 0 Å². The number of benzene rings is 2. The number of hydrogen-bond acceptors (Lipinski definition) is 4. The average Bonchev–Trinajstić information content (AvgIpc) is 3.26. The van der Waals surface area contributed by atoms with Gasteiger partial charge in [0.25, 0.3) is 5.91 Å². The van der Waals surface area contributed by atoms with E-state index in [2.05, 4.69) is 0 Å². The lowest BCUT2D eigenvalue weighted by molar-refractivity contribution is -0.156. The van der Waals surface area contributed by atoms with E-state index in [1.807, 2.05) is 24.3 Å². The SMILES string of the molecule is N#Cc1ccc(/C=C/C(=O)O[C@@H](C(=O)N2CCCC2)c2ccccc2)cc1. The third-order valence-electron chi connectivity index (χ3n) is 4.43. The molecule has 27 heavy (non-hydrogen) atoms. The van der Waals surface area contributed by atoms with Crippen LogP contribution in [-0.2, 0) is 14.3 Å². The van der Waals surface area contributed by atoms with Gasteiger partial charge in [-0.05, 0) is 36.6 Å². The second-order valence-electron chi connectivity index (χ2n) is 6.33. The molecule has 136 valence electrons. The number of likely N-dealkylation sites (tertiary alicyclic amines) is 1. The van der Waals surface area contributed by atoms with Crippen LogP contribution in [0.1, 0.15) is 35.6 Å². The fraction of sp³-hybridized carbons (Fsp3) is 0.227. The van der Waals surface area contributed by atoms with E-state index in [1.165, 1.54) is 6.08 Å². The average molecular weight is 360 g/mol. The molecule has 0 aromatic heterocycles. The molecule has 2 aromatic carbocycles. The summed E-state index contributed by atoms with van der Waals surface area (Å²) in [5, 5.41) is 8.82. The van der Waals surface area contributed by atoms with Crippen molar-refractivity contribution in [2.45, 2.75) is 18.9 Å². The van der Waals surface area contributed by atoms with Gasteiger partial charge in [-0.25, -0.2) is 4.79 Å². The van der Waals surface area contributed by atoms with Crippen molar-refractivity contribution < 1.29 is 14.3 Å². The number of amides is 1. The van der Waals surface area contributed by atoms with Gasteiger partial charge in [0, 0.05) is 24.7 Å². The van der Waals surface area contributed by atoms with Gasteiger partial charge < -0.3 is 9.64 Å². The van der Waals surface area contributed by atoms with E-state index in [0.717, 1.165) is 18.4 Å². The Bertz CT molecular complexity index is 861. The van der Waals surface area contributed by atoms with Crippen LogP contribution in [0.5, 0.6) is 0 Å². The van der Waals surface area contributed by atoms with Crippen molar-refractivity contribution >= 4 is 18.0 Å². The molecule has 1 atom stereocenters. The second-order valence-corrected chi connectivity index (χ2v) is 6.33. The van der Waals surface area contributed by atoms with E-state index in [0.29, 0.717) is 24.2 Å². The van der Waals surface area contributed by atoms with Crippen LogP contribution in [0.4, 0.5) is 0 Å². The second kappa shape index (κ2) is 8.81. The summed E-state index contributed by atoms with van der Waals surface area (Å²) >= 11 is 0. The van der Waals surface area contributed by atoms with Crippen LogP contribution in [0, 0.1) is 11.3 Å². The predicted molar refractivity (Wildman–Crippen MR) is 101 cm³/mol. The lowest BCUT2D eigenvalue weighted by Gasteiger charge is -2.23. The lowest BCUT2D eigenvalue weighted by atomic mass is 10.1. The summed E-state index contributed by atoms with van der Waals surface area (Å²) in [6.45, 7) is 1.39. The van der Waals surface area contributed by atoms with Crippen molar-refractivity contribution in [1.29, 1.82) is 5.26 Å². The molecule has 1 saturated heterocycles. The molecule has 1 aliphatic rings. The van der Waals surface area contributed by atoms with Gasteiger partial charge >= 0.3 is 5.97 Å². The minimum atomic E-state index is -0.942. The zero-order valence-electron chi connectivity index (χ0n) is 14.9. The number of esters is 1. The first kappa shape index (κ1) is 18.4. The lowest BCUT2D eigenvalue weighted by Crippen LogP contribution is -2.34. The molecule has 0 unspecified atom stereocenters. The fourth-order valence-electron chi connectivity index (χ4n) is 2.98. The molecule has 1 amide bonds. The smallest absolute Gasteiger partial charge is 0.331 e. The van der Waals surface area contributed by atoms with Gasteiger partial charge in [-0.3, -0.25) is 4.79 Å². The summed E-state index contributed by atoms with van der Waals surface area (Å²) in [5.74, 6) is -0.764. The molecule has 5 heteroatoms. The molecule has 1 aliphatic heterocycles. The number of rotatable bonds is 5. The van der Waals surface area contributed by atoms with Crippen molar-refractivity contribution in [3.05, 3.63) is 77.4 Å². The molecule has 0 spiro atoms. The summed E-state index contributed by atoms with van der Waals surface area (Å²) in [5.41, 5.74) is 1.98. The van der Waals surface area contributed by atoms with E-state index in [1.54, 1.807) is 47.4 Å². The van der Waals surface area contributed by atoms with Gasteiger partial charge in [0.2, 0.25) is 6.10 Å². The van der Waals surface area contributed by atoms with Gasteiger partial charge in [-0.15, -0.1) is 0 Å². The van der Waals surface area contributed by atoms with Crippen molar-refractivity contribution in [1.82, 2.24) is 4.90 Å². The molecule has 1 fully saturated rings. The van der Waals surface area contributed by atoms with E-state index >= 15 is 0 Å². The molecular weight excluding hydrogens is 340 g/mol. The fourth-order valence-corrected chi connectivity index (χ4v) is 2.98. The van der Waals surface area contributed by atoms with Crippen LogP contribution < -0.4 is 0 Å². The van der Waals surface area contributed by atoms with Gasteiger partial charge in [-0.2, -0.15) is 5.26 Å². The highest BCUT2D eigenvalue weighted by Gasteiger charge is 2.30. The van der Waals surface area contributed by atoms with Crippen molar-refractivity contribution in [2.75, 3.05) is 13.1 Å². The van der Waals surface area contributed by atoms with Crippen LogP contribution in [0.15, 0.2) is 60.7 Å². The van der Waals surface area contributed by atoms with E-state index in [9.17, 15) is 9.59 Å². The number of ether oxygens (including phenoxy) is 1. The van der Waals surface area contributed by atoms with Gasteiger partial charge in [0.1, 0.15) is 0 Å². The van der Waals surface area contributed by atoms with Gasteiger partial charge in [-0.1, -0.05) is 42.5 Å². The first-order chi connectivity index (χ1) is 13.2. The molecule has 0 N–H and O–H groups in total. The highest BCUT2D eigenvalue weighted by Crippen LogP contribution is 2.23.